The molecule has 0 aromatic carbocycles. The Morgan fingerprint density at radius 3 is 2.62 bits per heavy atom. The van der Waals surface area contributed by atoms with Gasteiger partial charge in [-0.15, -0.1) is 0 Å². The molecule has 0 saturated heterocycles. The molecule has 16 heavy (non-hydrogen) atoms. The van der Waals surface area contributed by atoms with Crippen molar-refractivity contribution in [1.82, 2.24) is 9.55 Å². The third-order valence-electron chi connectivity index (χ3n) is 1.78. The molecule has 0 N–H and O–H groups in total. The number of hydrogen-bond acceptors (Lipinski definition) is 5. The summed E-state index contributed by atoms with van der Waals surface area (Å²) in [6, 6.07) is 0. The van der Waals surface area contributed by atoms with Crippen LogP contribution < -0.4 is 0 Å². The first-order chi connectivity index (χ1) is 7.58. The van der Waals surface area contributed by atoms with E-state index in [0.717, 1.165) is 0 Å². The summed E-state index contributed by atoms with van der Waals surface area (Å²) >= 11 is 0. The van der Waals surface area contributed by atoms with Gasteiger partial charge in [0.1, 0.15) is 6.61 Å². The molecule has 1 heterocycles. The molecule has 0 aliphatic heterocycles. The maximum absolute atomic E-state index is 10.8. The first-order valence-electron chi connectivity index (χ1n) is 4.84. The van der Waals surface area contributed by atoms with Gasteiger partial charge in [0, 0.05) is 26.2 Å². The molecule has 1 aromatic rings. The van der Waals surface area contributed by atoms with Crippen molar-refractivity contribution in [2.24, 2.45) is 0 Å². The van der Waals surface area contributed by atoms with Crippen LogP contribution in [0.4, 0.5) is 0 Å². The van der Waals surface area contributed by atoms with Gasteiger partial charge in [-0.05, 0) is 0 Å². The largest absolute Gasteiger partial charge is 0.462 e. The van der Waals surface area contributed by atoms with Gasteiger partial charge >= 0.3 is 11.9 Å². The van der Waals surface area contributed by atoms with Crippen LogP contribution >= 0.6 is 0 Å². The zero-order chi connectivity index (χ0) is 12.0. The molecule has 6 nitrogen and oxygen atoms in total. The van der Waals surface area contributed by atoms with Crippen molar-refractivity contribution in [2.75, 3.05) is 6.61 Å². The van der Waals surface area contributed by atoms with E-state index in [1.165, 1.54) is 13.8 Å². The Morgan fingerprint density at radius 1 is 1.38 bits per heavy atom. The molecular weight excluding hydrogens is 212 g/mol. The quantitative estimate of drug-likeness (QED) is 0.679. The van der Waals surface area contributed by atoms with E-state index in [2.05, 4.69) is 4.98 Å². The first kappa shape index (κ1) is 12.2. The second-order valence-corrected chi connectivity index (χ2v) is 3.29. The standard InChI is InChI=1S/C10H14N2O4/c1-8(13)15-6-10(16-9(2)14)5-12-4-3-11-7-12/h3-4,7,10H,5-6H2,1-2H3. The van der Waals surface area contributed by atoms with Crippen LogP contribution in [0.25, 0.3) is 0 Å². The van der Waals surface area contributed by atoms with Crippen molar-refractivity contribution in [3.05, 3.63) is 18.7 Å². The van der Waals surface area contributed by atoms with Crippen LogP contribution in [0.1, 0.15) is 13.8 Å². The lowest BCUT2D eigenvalue weighted by molar-refractivity contribution is -0.157. The SMILES string of the molecule is CC(=O)OCC(Cn1ccnc1)OC(C)=O. The van der Waals surface area contributed by atoms with Gasteiger partial charge in [-0.2, -0.15) is 0 Å². The lowest BCUT2D eigenvalue weighted by atomic mass is 10.3. The van der Waals surface area contributed by atoms with Crippen LogP contribution in [-0.2, 0) is 25.6 Å². The second-order valence-electron chi connectivity index (χ2n) is 3.29. The van der Waals surface area contributed by atoms with Gasteiger partial charge in [0.2, 0.25) is 0 Å². The highest BCUT2D eigenvalue weighted by atomic mass is 16.6. The Morgan fingerprint density at radius 2 is 2.12 bits per heavy atom. The molecule has 1 atom stereocenters. The molecule has 88 valence electrons. The van der Waals surface area contributed by atoms with Crippen molar-refractivity contribution in [2.45, 2.75) is 26.5 Å². The third kappa shape index (κ3) is 4.59. The van der Waals surface area contributed by atoms with E-state index in [0.29, 0.717) is 6.54 Å². The van der Waals surface area contributed by atoms with Crippen molar-refractivity contribution >= 4 is 11.9 Å². The van der Waals surface area contributed by atoms with Gasteiger partial charge in [-0.3, -0.25) is 9.59 Å². The molecule has 0 amide bonds. The van der Waals surface area contributed by atoms with E-state index in [1.54, 1.807) is 23.3 Å². The van der Waals surface area contributed by atoms with E-state index >= 15 is 0 Å². The topological polar surface area (TPSA) is 70.4 Å². The molecule has 0 radical (unpaired) electrons. The van der Waals surface area contributed by atoms with Crippen molar-refractivity contribution in [3.63, 3.8) is 0 Å². The minimum absolute atomic E-state index is 0.0487. The molecule has 0 fully saturated rings. The Labute approximate surface area is 93.2 Å². The number of aromatic nitrogens is 2. The number of imidazole rings is 1. The molecule has 1 unspecified atom stereocenters. The molecular formula is C10H14N2O4. The molecule has 6 heteroatoms. The fraction of sp³-hybridized carbons (Fsp3) is 0.500. The Kier molecular flexibility index (Phi) is 4.50. The van der Waals surface area contributed by atoms with Gasteiger partial charge in [0.05, 0.1) is 12.9 Å². The maximum atomic E-state index is 10.8. The summed E-state index contributed by atoms with van der Waals surface area (Å²) in [5, 5.41) is 0. The van der Waals surface area contributed by atoms with Crippen molar-refractivity contribution < 1.29 is 19.1 Å². The second kappa shape index (κ2) is 5.89. The molecule has 0 aliphatic rings. The summed E-state index contributed by atoms with van der Waals surface area (Å²) in [7, 11) is 0. The number of rotatable bonds is 5. The summed E-state index contributed by atoms with van der Waals surface area (Å²) in [6.45, 7) is 3.08. The van der Waals surface area contributed by atoms with Gasteiger partial charge in [-0.25, -0.2) is 4.98 Å². The monoisotopic (exact) mass is 226 g/mol. The first-order valence-corrected chi connectivity index (χ1v) is 4.84. The van der Waals surface area contributed by atoms with E-state index in [-0.39, 0.29) is 6.61 Å². The fourth-order valence-electron chi connectivity index (χ4n) is 1.20. The number of nitrogens with zero attached hydrogens (tertiary/aromatic N) is 2. The number of esters is 2. The Hall–Kier alpha value is -1.85. The van der Waals surface area contributed by atoms with Crippen molar-refractivity contribution in [3.8, 4) is 0 Å². The minimum Gasteiger partial charge on any atom is -0.462 e. The summed E-state index contributed by atoms with van der Waals surface area (Å²) < 4.78 is 11.6. The lowest BCUT2D eigenvalue weighted by Crippen LogP contribution is -2.28. The Bertz CT molecular complexity index is 348. The zero-order valence-electron chi connectivity index (χ0n) is 9.25. The molecule has 1 rings (SSSR count). The normalized spacial score (nSPS) is 11.9. The zero-order valence-corrected chi connectivity index (χ0v) is 9.25. The average Bonchev–Trinajstić information content (AvgIpc) is 2.66. The van der Waals surface area contributed by atoms with Crippen LogP contribution in [0.15, 0.2) is 18.7 Å². The highest BCUT2D eigenvalue weighted by Crippen LogP contribution is 2.00. The summed E-state index contributed by atoms with van der Waals surface area (Å²) in [6.07, 6.45) is 4.47. The van der Waals surface area contributed by atoms with Crippen LogP contribution in [0.2, 0.25) is 0 Å². The van der Waals surface area contributed by atoms with Crippen LogP contribution in [-0.4, -0.2) is 34.2 Å². The van der Waals surface area contributed by atoms with E-state index in [4.69, 9.17) is 9.47 Å². The molecule has 0 saturated carbocycles. The third-order valence-corrected chi connectivity index (χ3v) is 1.78. The number of ether oxygens (including phenoxy) is 2. The predicted molar refractivity (Wildman–Crippen MR) is 54.4 cm³/mol. The van der Waals surface area contributed by atoms with Crippen molar-refractivity contribution in [1.29, 1.82) is 0 Å². The highest BCUT2D eigenvalue weighted by Gasteiger charge is 2.14. The van der Waals surface area contributed by atoms with Crippen LogP contribution in [0.3, 0.4) is 0 Å². The lowest BCUT2D eigenvalue weighted by Gasteiger charge is -2.16. The molecule has 1 aromatic heterocycles. The summed E-state index contributed by atoms with van der Waals surface area (Å²) in [5.74, 6) is -0.806. The van der Waals surface area contributed by atoms with Gasteiger partial charge < -0.3 is 14.0 Å². The van der Waals surface area contributed by atoms with Crippen LogP contribution in [0, 0.1) is 0 Å². The molecule has 0 aliphatic carbocycles. The number of hydrogen-bond donors (Lipinski definition) is 0. The Balaban J connectivity index is 2.49. The summed E-state index contributed by atoms with van der Waals surface area (Å²) in [5.41, 5.74) is 0. The fourth-order valence-corrected chi connectivity index (χ4v) is 1.20. The van der Waals surface area contributed by atoms with E-state index in [1.807, 2.05) is 0 Å². The average molecular weight is 226 g/mol. The van der Waals surface area contributed by atoms with Crippen LogP contribution in [0.5, 0.6) is 0 Å². The van der Waals surface area contributed by atoms with Gasteiger partial charge in [0.25, 0.3) is 0 Å². The predicted octanol–water partition coefficient (Wildman–Crippen LogP) is 0.378. The number of carbonyl (C=O) groups is 2. The van der Waals surface area contributed by atoms with E-state index in [9.17, 15) is 9.59 Å². The molecule has 0 bridgehead atoms. The number of carbonyl (C=O) groups excluding carboxylic acids is 2. The summed E-state index contributed by atoms with van der Waals surface area (Å²) in [4.78, 5) is 25.4. The van der Waals surface area contributed by atoms with Gasteiger partial charge in [0.15, 0.2) is 6.10 Å². The minimum atomic E-state index is -0.490. The maximum Gasteiger partial charge on any atom is 0.303 e. The highest BCUT2D eigenvalue weighted by molar-refractivity contribution is 5.67. The van der Waals surface area contributed by atoms with Gasteiger partial charge in [-0.1, -0.05) is 0 Å². The molecule has 0 spiro atoms. The smallest absolute Gasteiger partial charge is 0.303 e. The van der Waals surface area contributed by atoms with E-state index < -0.39 is 18.0 Å².